The minimum atomic E-state index is -0.737. The van der Waals surface area contributed by atoms with Gasteiger partial charge in [-0.15, -0.1) is 0 Å². The fourth-order valence-electron chi connectivity index (χ4n) is 1.49. The minimum Gasteiger partial charge on any atom is -0.507 e. The number of carbonyl (C=O) groups excluding carboxylic acids is 1. The van der Waals surface area contributed by atoms with Crippen molar-refractivity contribution in [1.82, 2.24) is 0 Å². The van der Waals surface area contributed by atoms with Gasteiger partial charge in [-0.2, -0.15) is 0 Å². The average Bonchev–Trinajstić information content (AvgIpc) is 2.36. The van der Waals surface area contributed by atoms with Crippen LogP contribution in [-0.4, -0.2) is 43.9 Å². The molecule has 0 aliphatic heterocycles. The Morgan fingerprint density at radius 2 is 1.76 bits per heavy atom. The highest BCUT2D eigenvalue weighted by molar-refractivity contribution is 6.03. The SMILES string of the molecule is COc1cc(O)c(C(=O)CO)c(OC)c1OC. The summed E-state index contributed by atoms with van der Waals surface area (Å²) in [7, 11) is 4.10. The summed E-state index contributed by atoms with van der Waals surface area (Å²) in [5.74, 6) is -0.553. The minimum absolute atomic E-state index is 0.0309. The van der Waals surface area contributed by atoms with E-state index in [1.54, 1.807) is 0 Å². The second-order valence-electron chi connectivity index (χ2n) is 3.12. The first-order chi connectivity index (χ1) is 8.10. The Labute approximate surface area is 98.3 Å². The summed E-state index contributed by atoms with van der Waals surface area (Å²) in [5, 5.41) is 18.5. The van der Waals surface area contributed by atoms with Crippen molar-refractivity contribution in [1.29, 1.82) is 0 Å². The molecule has 0 aliphatic rings. The van der Waals surface area contributed by atoms with Crippen molar-refractivity contribution in [3.63, 3.8) is 0 Å². The lowest BCUT2D eigenvalue weighted by Gasteiger charge is -2.15. The fourth-order valence-corrected chi connectivity index (χ4v) is 1.49. The lowest BCUT2D eigenvalue weighted by Crippen LogP contribution is -2.08. The maximum absolute atomic E-state index is 11.5. The Bertz CT molecular complexity index is 426. The van der Waals surface area contributed by atoms with Crippen molar-refractivity contribution in [2.75, 3.05) is 27.9 Å². The van der Waals surface area contributed by atoms with E-state index in [1.807, 2.05) is 0 Å². The van der Waals surface area contributed by atoms with Gasteiger partial charge in [0, 0.05) is 6.07 Å². The van der Waals surface area contributed by atoms with Crippen molar-refractivity contribution < 1.29 is 29.2 Å². The number of hydrogen-bond acceptors (Lipinski definition) is 6. The third-order valence-corrected chi connectivity index (χ3v) is 2.23. The number of methoxy groups -OCH3 is 3. The summed E-state index contributed by atoms with van der Waals surface area (Å²) in [4.78, 5) is 11.5. The van der Waals surface area contributed by atoms with Gasteiger partial charge in [-0.25, -0.2) is 0 Å². The molecule has 2 N–H and O–H groups in total. The van der Waals surface area contributed by atoms with Crippen molar-refractivity contribution >= 4 is 5.78 Å². The van der Waals surface area contributed by atoms with Gasteiger partial charge in [-0.1, -0.05) is 0 Å². The van der Waals surface area contributed by atoms with Crippen LogP contribution in [0.15, 0.2) is 6.07 Å². The second kappa shape index (κ2) is 5.40. The number of ether oxygens (including phenoxy) is 3. The maximum Gasteiger partial charge on any atom is 0.204 e. The highest BCUT2D eigenvalue weighted by Crippen LogP contribution is 2.44. The van der Waals surface area contributed by atoms with Gasteiger partial charge in [-0.3, -0.25) is 4.79 Å². The predicted octanol–water partition coefficient (Wildman–Crippen LogP) is 0.593. The molecular formula is C11H14O6. The van der Waals surface area contributed by atoms with E-state index in [2.05, 4.69) is 0 Å². The zero-order valence-corrected chi connectivity index (χ0v) is 9.81. The number of Topliss-reactive ketones (excluding diaryl/α,β-unsaturated/α-hetero) is 1. The van der Waals surface area contributed by atoms with E-state index in [1.165, 1.54) is 27.4 Å². The monoisotopic (exact) mass is 242 g/mol. The van der Waals surface area contributed by atoms with Crippen LogP contribution in [0.3, 0.4) is 0 Å². The zero-order valence-electron chi connectivity index (χ0n) is 9.81. The van der Waals surface area contributed by atoms with Crippen molar-refractivity contribution in [3.8, 4) is 23.0 Å². The predicted molar refractivity (Wildman–Crippen MR) is 59.2 cm³/mol. The molecule has 0 heterocycles. The molecule has 1 rings (SSSR count). The number of aliphatic hydroxyl groups excluding tert-OH is 1. The lowest BCUT2D eigenvalue weighted by atomic mass is 10.1. The molecule has 0 saturated heterocycles. The van der Waals surface area contributed by atoms with Gasteiger partial charge in [0.15, 0.2) is 17.3 Å². The number of benzene rings is 1. The van der Waals surface area contributed by atoms with Gasteiger partial charge in [0.25, 0.3) is 0 Å². The molecule has 0 unspecified atom stereocenters. The number of rotatable bonds is 5. The van der Waals surface area contributed by atoms with Crippen molar-refractivity contribution in [2.45, 2.75) is 0 Å². The van der Waals surface area contributed by atoms with Crippen LogP contribution >= 0.6 is 0 Å². The number of hydrogen-bond donors (Lipinski definition) is 2. The first kappa shape index (κ1) is 13.1. The van der Waals surface area contributed by atoms with E-state index in [4.69, 9.17) is 19.3 Å². The molecule has 1 aromatic rings. The number of aromatic hydroxyl groups is 1. The van der Waals surface area contributed by atoms with Gasteiger partial charge < -0.3 is 24.4 Å². The molecule has 0 atom stereocenters. The third kappa shape index (κ3) is 2.26. The lowest BCUT2D eigenvalue weighted by molar-refractivity contribution is 0.0897. The Morgan fingerprint density at radius 3 is 2.18 bits per heavy atom. The number of ketones is 1. The first-order valence-corrected chi connectivity index (χ1v) is 4.76. The van der Waals surface area contributed by atoms with Crippen LogP contribution in [0.4, 0.5) is 0 Å². The van der Waals surface area contributed by atoms with Crippen molar-refractivity contribution in [2.24, 2.45) is 0 Å². The van der Waals surface area contributed by atoms with Crippen LogP contribution < -0.4 is 14.2 Å². The summed E-state index contributed by atoms with van der Waals surface area (Å²) in [6.07, 6.45) is 0. The Balaban J connectivity index is 3.54. The topological polar surface area (TPSA) is 85.2 Å². The standard InChI is InChI=1S/C11H14O6/c1-15-8-4-6(13)9(7(14)5-12)11(17-3)10(8)16-2/h4,12-13H,5H2,1-3H3. The molecule has 0 fully saturated rings. The van der Waals surface area contributed by atoms with Crippen LogP contribution in [0.2, 0.25) is 0 Å². The Kier molecular flexibility index (Phi) is 4.17. The second-order valence-corrected chi connectivity index (χ2v) is 3.12. The van der Waals surface area contributed by atoms with Crippen LogP contribution in [0.5, 0.6) is 23.0 Å². The molecule has 17 heavy (non-hydrogen) atoms. The highest BCUT2D eigenvalue weighted by Gasteiger charge is 2.24. The van der Waals surface area contributed by atoms with Gasteiger partial charge in [0.1, 0.15) is 17.9 Å². The molecule has 1 aromatic carbocycles. The Hall–Kier alpha value is -1.95. The zero-order chi connectivity index (χ0) is 13.0. The van der Waals surface area contributed by atoms with Crippen LogP contribution in [0.25, 0.3) is 0 Å². The van der Waals surface area contributed by atoms with E-state index < -0.39 is 12.4 Å². The normalized spacial score (nSPS) is 9.88. The summed E-state index contributed by atoms with van der Waals surface area (Å²) < 4.78 is 15.1. The largest absolute Gasteiger partial charge is 0.507 e. The van der Waals surface area contributed by atoms with E-state index in [0.717, 1.165) is 0 Å². The molecule has 0 aromatic heterocycles. The summed E-state index contributed by atoms with van der Waals surface area (Å²) in [5.41, 5.74) is -0.132. The molecule has 6 heteroatoms. The molecule has 0 spiro atoms. The number of carbonyl (C=O) groups is 1. The first-order valence-electron chi connectivity index (χ1n) is 4.76. The van der Waals surface area contributed by atoms with E-state index in [-0.39, 0.29) is 28.6 Å². The van der Waals surface area contributed by atoms with Crippen LogP contribution in [0.1, 0.15) is 10.4 Å². The highest BCUT2D eigenvalue weighted by atomic mass is 16.5. The fraction of sp³-hybridized carbons (Fsp3) is 0.364. The van der Waals surface area contributed by atoms with Crippen LogP contribution in [-0.2, 0) is 0 Å². The van der Waals surface area contributed by atoms with Gasteiger partial charge in [-0.05, 0) is 0 Å². The van der Waals surface area contributed by atoms with Crippen molar-refractivity contribution in [3.05, 3.63) is 11.6 Å². The molecule has 0 radical (unpaired) electrons. The van der Waals surface area contributed by atoms with Gasteiger partial charge >= 0.3 is 0 Å². The van der Waals surface area contributed by atoms with Crippen LogP contribution in [0, 0.1) is 0 Å². The molecule has 0 bridgehead atoms. The molecule has 6 nitrogen and oxygen atoms in total. The number of phenols is 1. The summed E-state index contributed by atoms with van der Waals surface area (Å²) in [6.45, 7) is -0.737. The average molecular weight is 242 g/mol. The number of aliphatic hydroxyl groups is 1. The molecule has 94 valence electrons. The maximum atomic E-state index is 11.5. The van der Waals surface area contributed by atoms with E-state index >= 15 is 0 Å². The van der Waals surface area contributed by atoms with E-state index in [0.29, 0.717) is 0 Å². The number of phenolic OH excluding ortho intramolecular Hbond substituents is 1. The summed E-state index contributed by atoms with van der Waals surface area (Å²) in [6, 6.07) is 1.23. The van der Waals surface area contributed by atoms with E-state index in [9.17, 15) is 9.90 Å². The molecule has 0 aliphatic carbocycles. The van der Waals surface area contributed by atoms with Gasteiger partial charge in [0.05, 0.1) is 21.3 Å². The molecule has 0 saturated carbocycles. The summed E-state index contributed by atoms with van der Waals surface area (Å²) >= 11 is 0. The molecule has 0 amide bonds. The smallest absolute Gasteiger partial charge is 0.204 e. The Morgan fingerprint density at radius 1 is 1.18 bits per heavy atom. The molecular weight excluding hydrogens is 228 g/mol. The third-order valence-electron chi connectivity index (χ3n) is 2.23. The quantitative estimate of drug-likeness (QED) is 0.735. The van der Waals surface area contributed by atoms with Gasteiger partial charge in [0.2, 0.25) is 5.75 Å².